The highest BCUT2D eigenvalue weighted by molar-refractivity contribution is 6.38. The summed E-state index contributed by atoms with van der Waals surface area (Å²) in [6.45, 7) is 4.06. The van der Waals surface area contributed by atoms with E-state index in [9.17, 15) is 19.5 Å². The van der Waals surface area contributed by atoms with E-state index in [0.29, 0.717) is 29.1 Å². The molecule has 2 N–H and O–H groups in total. The lowest BCUT2D eigenvalue weighted by molar-refractivity contribution is -0.119. The van der Waals surface area contributed by atoms with Crippen LogP contribution in [-0.2, 0) is 9.59 Å². The Morgan fingerprint density at radius 1 is 0.900 bits per heavy atom. The fourth-order valence-corrected chi connectivity index (χ4v) is 5.03. The van der Waals surface area contributed by atoms with Gasteiger partial charge in [0.25, 0.3) is 5.91 Å². The Morgan fingerprint density at radius 2 is 1.57 bits per heavy atom. The van der Waals surface area contributed by atoms with Gasteiger partial charge in [-0.25, -0.2) is 4.79 Å². The standard InChI is InChI=1S/C31H33N5O4/c1-33-15-17-36(18-16-33)20-27(37)34(2)24-12-10-23(11-13-24)32-29(21-7-5-4-6-8-21)28-25-14-9-22(31(39)40)19-26(25)35(3)30(28)38/h4-14,19,32H,15-18,20H2,1-3H3,(H,39,40). The Balaban J connectivity index is 1.42. The van der Waals surface area contributed by atoms with Crippen LogP contribution in [0.5, 0.6) is 0 Å². The first-order valence-electron chi connectivity index (χ1n) is 13.2. The van der Waals surface area contributed by atoms with Crippen LogP contribution in [0.25, 0.3) is 11.3 Å². The molecule has 0 aromatic heterocycles. The van der Waals surface area contributed by atoms with E-state index in [2.05, 4.69) is 22.2 Å². The van der Waals surface area contributed by atoms with Crippen LogP contribution in [-0.4, -0.2) is 86.6 Å². The molecular formula is C31H33N5O4. The lowest BCUT2D eigenvalue weighted by Crippen LogP contribution is -2.48. The zero-order valence-electron chi connectivity index (χ0n) is 22.9. The number of carboxylic acid groups (broad SMARTS) is 1. The molecule has 2 heterocycles. The van der Waals surface area contributed by atoms with Crippen LogP contribution in [0.4, 0.5) is 17.1 Å². The van der Waals surface area contributed by atoms with Crippen molar-refractivity contribution in [2.45, 2.75) is 0 Å². The highest BCUT2D eigenvalue weighted by atomic mass is 16.4. The minimum atomic E-state index is -1.05. The monoisotopic (exact) mass is 539 g/mol. The van der Waals surface area contributed by atoms with Crippen molar-refractivity contribution in [3.63, 3.8) is 0 Å². The number of hydrogen-bond donors (Lipinski definition) is 2. The van der Waals surface area contributed by atoms with Gasteiger partial charge in [-0.3, -0.25) is 14.5 Å². The zero-order chi connectivity index (χ0) is 28.4. The van der Waals surface area contributed by atoms with Crippen LogP contribution in [0.3, 0.4) is 0 Å². The molecular weight excluding hydrogens is 506 g/mol. The molecule has 0 atom stereocenters. The Hall–Kier alpha value is -4.47. The van der Waals surface area contributed by atoms with Crippen molar-refractivity contribution in [3.8, 4) is 0 Å². The van der Waals surface area contributed by atoms with Crippen LogP contribution >= 0.6 is 0 Å². The summed E-state index contributed by atoms with van der Waals surface area (Å²) in [5.74, 6) is -1.24. The molecule has 0 unspecified atom stereocenters. The Kier molecular flexibility index (Phi) is 7.68. The van der Waals surface area contributed by atoms with Gasteiger partial charge in [0.15, 0.2) is 0 Å². The number of anilines is 3. The predicted octanol–water partition coefficient (Wildman–Crippen LogP) is 3.55. The first-order valence-corrected chi connectivity index (χ1v) is 13.2. The molecule has 0 bridgehead atoms. The largest absolute Gasteiger partial charge is 0.478 e. The maximum atomic E-state index is 13.5. The third-order valence-corrected chi connectivity index (χ3v) is 7.56. The molecule has 2 aliphatic rings. The van der Waals surface area contributed by atoms with Crippen molar-refractivity contribution < 1.29 is 19.5 Å². The molecule has 5 rings (SSSR count). The van der Waals surface area contributed by atoms with Gasteiger partial charge in [-0.05, 0) is 49.0 Å². The number of fused-ring (bicyclic) bond motifs is 1. The van der Waals surface area contributed by atoms with Crippen LogP contribution in [0.15, 0.2) is 72.8 Å². The van der Waals surface area contributed by atoms with Gasteiger partial charge in [0.1, 0.15) is 0 Å². The number of benzene rings is 3. The quantitative estimate of drug-likeness (QED) is 0.444. The van der Waals surface area contributed by atoms with E-state index in [1.165, 1.54) is 17.0 Å². The van der Waals surface area contributed by atoms with E-state index in [4.69, 9.17) is 0 Å². The van der Waals surface area contributed by atoms with Crippen molar-refractivity contribution in [2.24, 2.45) is 0 Å². The van der Waals surface area contributed by atoms with Crippen LogP contribution in [0.2, 0.25) is 0 Å². The first kappa shape index (κ1) is 27.1. The third-order valence-electron chi connectivity index (χ3n) is 7.56. The van der Waals surface area contributed by atoms with Crippen LogP contribution in [0.1, 0.15) is 21.5 Å². The van der Waals surface area contributed by atoms with Gasteiger partial charge in [-0.1, -0.05) is 36.4 Å². The molecule has 0 aliphatic carbocycles. The molecule has 40 heavy (non-hydrogen) atoms. The van der Waals surface area contributed by atoms with Crippen LogP contribution in [0, 0.1) is 0 Å². The molecule has 3 aromatic carbocycles. The summed E-state index contributed by atoms with van der Waals surface area (Å²) < 4.78 is 0. The van der Waals surface area contributed by atoms with Gasteiger partial charge in [0.05, 0.1) is 29.1 Å². The molecule has 0 saturated carbocycles. The number of hydrogen-bond acceptors (Lipinski definition) is 6. The fourth-order valence-electron chi connectivity index (χ4n) is 5.03. The Morgan fingerprint density at radius 3 is 2.23 bits per heavy atom. The van der Waals surface area contributed by atoms with Gasteiger partial charge in [0, 0.05) is 57.2 Å². The van der Waals surface area contributed by atoms with Gasteiger partial charge in [-0.2, -0.15) is 0 Å². The smallest absolute Gasteiger partial charge is 0.335 e. The number of aromatic carboxylic acids is 1. The summed E-state index contributed by atoms with van der Waals surface area (Å²) >= 11 is 0. The summed E-state index contributed by atoms with van der Waals surface area (Å²) in [5, 5.41) is 12.9. The molecule has 1 saturated heterocycles. The van der Waals surface area contributed by atoms with Crippen molar-refractivity contribution in [1.29, 1.82) is 0 Å². The maximum absolute atomic E-state index is 13.5. The van der Waals surface area contributed by atoms with Crippen molar-refractivity contribution in [1.82, 2.24) is 9.80 Å². The summed E-state index contributed by atoms with van der Waals surface area (Å²) in [5.41, 5.74) is 4.76. The zero-order valence-corrected chi connectivity index (χ0v) is 22.9. The highest BCUT2D eigenvalue weighted by Crippen LogP contribution is 2.41. The number of carbonyl (C=O) groups excluding carboxylic acids is 2. The lowest BCUT2D eigenvalue weighted by Gasteiger charge is -2.32. The lowest BCUT2D eigenvalue weighted by atomic mass is 9.99. The van der Waals surface area contributed by atoms with Crippen molar-refractivity contribution in [3.05, 3.63) is 89.5 Å². The number of piperazine rings is 1. The average Bonchev–Trinajstić information content (AvgIpc) is 3.22. The second kappa shape index (κ2) is 11.3. The number of nitrogens with one attached hydrogen (secondary N) is 1. The Bertz CT molecular complexity index is 1460. The normalized spacial score (nSPS) is 17.0. The summed E-state index contributed by atoms with van der Waals surface area (Å²) in [6, 6.07) is 21.8. The topological polar surface area (TPSA) is 96.4 Å². The molecule has 3 aromatic rings. The molecule has 2 aliphatic heterocycles. The maximum Gasteiger partial charge on any atom is 0.335 e. The minimum Gasteiger partial charge on any atom is -0.478 e. The van der Waals surface area contributed by atoms with Gasteiger partial charge >= 0.3 is 5.97 Å². The molecule has 206 valence electrons. The third kappa shape index (κ3) is 5.47. The van der Waals surface area contributed by atoms with Crippen LogP contribution < -0.4 is 15.1 Å². The van der Waals surface area contributed by atoms with E-state index < -0.39 is 5.97 Å². The minimum absolute atomic E-state index is 0.0364. The number of nitrogens with zero attached hydrogens (tertiary/aromatic N) is 4. The number of likely N-dealkylation sites (N-methyl/N-ethyl adjacent to an activating group) is 3. The first-order chi connectivity index (χ1) is 19.2. The summed E-state index contributed by atoms with van der Waals surface area (Å²) in [6.07, 6.45) is 0. The summed E-state index contributed by atoms with van der Waals surface area (Å²) in [7, 11) is 5.52. The van der Waals surface area contributed by atoms with E-state index in [1.54, 1.807) is 25.1 Å². The number of carboxylic acids is 1. The molecule has 1 fully saturated rings. The van der Waals surface area contributed by atoms with Gasteiger partial charge in [0.2, 0.25) is 5.91 Å². The number of rotatable bonds is 7. The fraction of sp³-hybridized carbons (Fsp3) is 0.258. The molecule has 0 radical (unpaired) electrons. The van der Waals surface area contributed by atoms with Gasteiger partial charge in [-0.15, -0.1) is 0 Å². The SMILES string of the molecule is CN1CCN(CC(=O)N(C)c2ccc(NC(=C3C(=O)N(C)c4cc(C(=O)O)ccc43)c3ccccc3)cc2)CC1. The summed E-state index contributed by atoms with van der Waals surface area (Å²) in [4.78, 5) is 45.5. The van der Waals surface area contributed by atoms with Crippen molar-refractivity contribution in [2.75, 3.05) is 69.0 Å². The number of carbonyl (C=O) groups is 3. The molecule has 0 spiro atoms. The average molecular weight is 540 g/mol. The van der Waals surface area contributed by atoms with E-state index in [-0.39, 0.29) is 17.4 Å². The molecule has 9 nitrogen and oxygen atoms in total. The van der Waals surface area contributed by atoms with E-state index in [1.807, 2.05) is 54.6 Å². The molecule has 9 heteroatoms. The molecule has 2 amide bonds. The second-order valence-corrected chi connectivity index (χ2v) is 10.2. The number of amides is 2. The second-order valence-electron chi connectivity index (χ2n) is 10.2. The highest BCUT2D eigenvalue weighted by Gasteiger charge is 2.33. The predicted molar refractivity (Wildman–Crippen MR) is 157 cm³/mol. The van der Waals surface area contributed by atoms with E-state index in [0.717, 1.165) is 43.1 Å². The Labute approximate surface area is 233 Å². The van der Waals surface area contributed by atoms with E-state index >= 15 is 0 Å². The van der Waals surface area contributed by atoms with Crippen molar-refractivity contribution >= 4 is 46.1 Å². The van der Waals surface area contributed by atoms with Gasteiger partial charge < -0.3 is 25.1 Å².